The Labute approximate surface area is 345 Å². The summed E-state index contributed by atoms with van der Waals surface area (Å²) in [7, 11) is 0. The maximum absolute atomic E-state index is 5.44. The molecule has 2 unspecified atom stereocenters. The van der Waals surface area contributed by atoms with E-state index in [0.29, 0.717) is 10.8 Å². The van der Waals surface area contributed by atoms with Crippen molar-refractivity contribution in [1.29, 1.82) is 0 Å². The molecule has 0 heterocycles. The third-order valence-electron chi connectivity index (χ3n) is 12.8. The van der Waals surface area contributed by atoms with Crippen LogP contribution in [-0.2, 0) is 4.94 Å². The molecule has 320 valence electrons. The van der Waals surface area contributed by atoms with Crippen molar-refractivity contribution < 1.29 is 4.94 Å². The number of rotatable bonds is 40. The summed E-state index contributed by atoms with van der Waals surface area (Å²) in [5.74, 6) is 0. The number of hydrogen-bond donors (Lipinski definition) is 2. The van der Waals surface area contributed by atoms with Crippen molar-refractivity contribution in [2.75, 3.05) is 13.1 Å². The summed E-state index contributed by atoms with van der Waals surface area (Å²) < 4.78 is 0. The lowest BCUT2D eigenvalue weighted by Gasteiger charge is -2.28. The average molecular weight is 765 g/mol. The molecule has 0 bridgehead atoms. The van der Waals surface area contributed by atoms with Gasteiger partial charge in [0, 0.05) is 13.1 Å². The highest BCUT2D eigenvalue weighted by Gasteiger charge is 2.23. The van der Waals surface area contributed by atoms with E-state index in [1.807, 2.05) is 0 Å². The van der Waals surface area contributed by atoms with Crippen LogP contribution in [0.25, 0.3) is 0 Å². The van der Waals surface area contributed by atoms with Gasteiger partial charge in [0.15, 0.2) is 0 Å². The zero-order valence-corrected chi connectivity index (χ0v) is 37.7. The molecule has 2 aliphatic carbocycles. The first kappa shape index (κ1) is 50.0. The lowest BCUT2D eigenvalue weighted by Crippen LogP contribution is -2.27. The van der Waals surface area contributed by atoms with Gasteiger partial charge in [0.1, 0.15) is 0 Å². The molecule has 0 spiro atoms. The first-order chi connectivity index (χ1) is 26.9. The second-order valence-electron chi connectivity index (χ2n) is 19.1. The molecule has 0 aromatic rings. The molecule has 0 aromatic carbocycles. The minimum Gasteiger partial charge on any atom is -0.214 e. The number of hydroxylamine groups is 2. The van der Waals surface area contributed by atoms with Crippen LogP contribution in [0.15, 0.2) is 47.6 Å². The van der Waals surface area contributed by atoms with E-state index in [0.717, 1.165) is 13.1 Å². The smallest absolute Gasteiger partial charge is 0.0229 e. The summed E-state index contributed by atoms with van der Waals surface area (Å²) in [6.45, 7) is 11.4. The maximum Gasteiger partial charge on any atom is 0.0229 e. The standard InChI is InChI=1S/C52H96N2O/c1-49-39-37-43-51(3,47-49)41-33-29-25-21-17-13-9-5-7-11-15-19-23-27-31-35-45-53-55-54-46-36-32-28-24-20-16-12-8-6-10-14-18-22-26-30-34-42-52(4)44-38-40-50(2)48-52/h37-40,43-44,53-54H,5-36,41-42,45-48H2,1-4H3. The van der Waals surface area contributed by atoms with Crippen LogP contribution in [0.5, 0.6) is 0 Å². The van der Waals surface area contributed by atoms with Crippen LogP contribution >= 0.6 is 0 Å². The van der Waals surface area contributed by atoms with Crippen molar-refractivity contribution in [2.24, 2.45) is 10.8 Å². The van der Waals surface area contributed by atoms with Crippen molar-refractivity contribution in [1.82, 2.24) is 11.0 Å². The molecule has 0 saturated heterocycles. The fourth-order valence-electron chi connectivity index (χ4n) is 9.30. The highest BCUT2D eigenvalue weighted by Crippen LogP contribution is 2.37. The molecule has 55 heavy (non-hydrogen) atoms. The second kappa shape index (κ2) is 34.8. The SMILES string of the molecule is CC1=CC=CC(C)(CCCCCCCCCCCCCCCCCCNONCCCCCCCCCCCCCCCCCCC2(C)C=CC=C(C)C2)C1. The third kappa shape index (κ3) is 30.6. The number of unbranched alkanes of at least 4 members (excludes halogenated alkanes) is 30. The van der Waals surface area contributed by atoms with Crippen molar-refractivity contribution in [2.45, 2.75) is 259 Å². The molecular weight excluding hydrogens is 669 g/mol. The van der Waals surface area contributed by atoms with E-state index in [1.165, 1.54) is 231 Å². The lowest BCUT2D eigenvalue weighted by molar-refractivity contribution is -0.0387. The topological polar surface area (TPSA) is 33.3 Å². The van der Waals surface area contributed by atoms with Gasteiger partial charge in [-0.15, -0.1) is 0 Å². The first-order valence-electron chi connectivity index (χ1n) is 24.7. The minimum atomic E-state index is 0.423. The molecule has 0 radical (unpaired) electrons. The van der Waals surface area contributed by atoms with Gasteiger partial charge in [-0.25, -0.2) is 4.94 Å². The van der Waals surface area contributed by atoms with Gasteiger partial charge >= 0.3 is 0 Å². The van der Waals surface area contributed by atoms with Gasteiger partial charge in [0.05, 0.1) is 0 Å². The van der Waals surface area contributed by atoms with Gasteiger partial charge in [-0.3, -0.25) is 0 Å². The molecule has 0 saturated carbocycles. The second-order valence-corrected chi connectivity index (χ2v) is 19.1. The molecule has 0 amide bonds. The van der Waals surface area contributed by atoms with Crippen LogP contribution in [0.1, 0.15) is 259 Å². The molecule has 2 atom stereocenters. The highest BCUT2D eigenvalue weighted by molar-refractivity contribution is 5.22. The first-order valence-corrected chi connectivity index (χ1v) is 24.7. The van der Waals surface area contributed by atoms with Gasteiger partial charge in [-0.1, -0.05) is 254 Å². The lowest BCUT2D eigenvalue weighted by atomic mass is 9.76. The van der Waals surface area contributed by atoms with Gasteiger partial charge in [0.2, 0.25) is 0 Å². The number of hydrogen-bond acceptors (Lipinski definition) is 3. The fraction of sp³-hybridized carbons (Fsp3) is 0.846. The van der Waals surface area contributed by atoms with E-state index >= 15 is 0 Å². The average Bonchev–Trinajstić information content (AvgIpc) is 3.15. The van der Waals surface area contributed by atoms with Gasteiger partial charge in [-0.2, -0.15) is 11.0 Å². The molecule has 2 rings (SSSR count). The summed E-state index contributed by atoms with van der Waals surface area (Å²) in [6.07, 6.45) is 64.4. The van der Waals surface area contributed by atoms with Crippen LogP contribution in [0.2, 0.25) is 0 Å². The Morgan fingerprint density at radius 2 is 0.618 bits per heavy atom. The van der Waals surface area contributed by atoms with Crippen molar-refractivity contribution in [3.8, 4) is 0 Å². The summed E-state index contributed by atoms with van der Waals surface area (Å²) in [6, 6.07) is 0. The monoisotopic (exact) mass is 765 g/mol. The summed E-state index contributed by atoms with van der Waals surface area (Å²) in [4.78, 5) is 5.44. The fourth-order valence-corrected chi connectivity index (χ4v) is 9.30. The zero-order valence-electron chi connectivity index (χ0n) is 37.7. The molecule has 3 heteroatoms. The Kier molecular flexibility index (Phi) is 31.7. The summed E-state index contributed by atoms with van der Waals surface area (Å²) in [5.41, 5.74) is 10.1. The molecule has 2 aliphatic rings. The van der Waals surface area contributed by atoms with Crippen molar-refractivity contribution >= 4 is 0 Å². The predicted molar refractivity (Wildman–Crippen MR) is 245 cm³/mol. The quantitative estimate of drug-likeness (QED) is 0.0482. The minimum absolute atomic E-state index is 0.423. The Morgan fingerprint density at radius 3 is 0.873 bits per heavy atom. The van der Waals surface area contributed by atoms with Crippen molar-refractivity contribution in [3.05, 3.63) is 47.6 Å². The third-order valence-corrected chi connectivity index (χ3v) is 12.8. The Bertz CT molecular complexity index is 918. The van der Waals surface area contributed by atoms with E-state index in [2.05, 4.69) is 75.1 Å². The normalized spacial score (nSPS) is 19.6. The van der Waals surface area contributed by atoms with Crippen LogP contribution < -0.4 is 11.0 Å². The van der Waals surface area contributed by atoms with Crippen LogP contribution in [-0.4, -0.2) is 13.1 Å². The molecule has 2 N–H and O–H groups in total. The van der Waals surface area contributed by atoms with E-state index < -0.39 is 0 Å². The Balaban J connectivity index is 1.14. The highest BCUT2D eigenvalue weighted by atomic mass is 16.8. The van der Waals surface area contributed by atoms with E-state index in [-0.39, 0.29) is 0 Å². The van der Waals surface area contributed by atoms with Gasteiger partial charge in [-0.05, 0) is 63.2 Å². The summed E-state index contributed by atoms with van der Waals surface area (Å²) >= 11 is 0. The molecule has 0 aromatic heterocycles. The molecule has 0 fully saturated rings. The van der Waals surface area contributed by atoms with E-state index in [4.69, 9.17) is 4.94 Å². The predicted octanol–water partition coefficient (Wildman–Crippen LogP) is 17.1. The molecule has 0 aliphatic heterocycles. The van der Waals surface area contributed by atoms with Crippen molar-refractivity contribution in [3.63, 3.8) is 0 Å². The number of nitrogens with one attached hydrogen (secondary N) is 2. The van der Waals surface area contributed by atoms with E-state index in [1.54, 1.807) is 11.1 Å². The molecule has 3 nitrogen and oxygen atoms in total. The molecular formula is C52H96N2O. The Hall–Kier alpha value is -1.16. The van der Waals surface area contributed by atoms with Crippen LogP contribution in [0.3, 0.4) is 0 Å². The maximum atomic E-state index is 5.44. The summed E-state index contributed by atoms with van der Waals surface area (Å²) in [5, 5.41) is 0. The van der Waals surface area contributed by atoms with Gasteiger partial charge < -0.3 is 0 Å². The van der Waals surface area contributed by atoms with E-state index in [9.17, 15) is 0 Å². The van der Waals surface area contributed by atoms with Gasteiger partial charge in [0.25, 0.3) is 0 Å². The van der Waals surface area contributed by atoms with Crippen LogP contribution in [0.4, 0.5) is 0 Å². The largest absolute Gasteiger partial charge is 0.214 e. The Morgan fingerprint density at radius 1 is 0.382 bits per heavy atom. The number of allylic oxidation sites excluding steroid dienone is 8. The zero-order chi connectivity index (χ0) is 39.4. The van der Waals surface area contributed by atoms with Crippen LogP contribution in [0, 0.1) is 10.8 Å².